The molecule has 5 heteroatoms. The van der Waals surface area contributed by atoms with E-state index in [1.807, 2.05) is 6.92 Å². The molecule has 0 aliphatic heterocycles. The van der Waals surface area contributed by atoms with Gasteiger partial charge in [-0.15, -0.1) is 0 Å². The number of aromatic nitrogens is 2. The third-order valence-corrected chi connectivity index (χ3v) is 1.35. The minimum atomic E-state index is -0.596. The number of carbonyl (C=O) groups excluding carboxylic acids is 1. The Morgan fingerprint density at radius 2 is 2.64 bits per heavy atom. The number of nitrogens with one attached hydrogen (secondary N) is 2. The first kappa shape index (κ1) is 7.74. The van der Waals surface area contributed by atoms with Crippen molar-refractivity contribution >= 4 is 5.91 Å². The second-order valence-electron chi connectivity index (χ2n) is 2.07. The van der Waals surface area contributed by atoms with Crippen LogP contribution in [0.4, 0.5) is 0 Å². The van der Waals surface area contributed by atoms with Crippen molar-refractivity contribution in [3.8, 4) is 0 Å². The number of nitrogens with zero attached hydrogens (tertiary/aromatic N) is 1. The van der Waals surface area contributed by atoms with Gasteiger partial charge in [-0.2, -0.15) is 5.10 Å². The quantitative estimate of drug-likeness (QED) is 0.418. The largest absolute Gasteiger partial charge is 0.295 e. The average Bonchev–Trinajstić information content (AvgIpc) is 2.50. The molecule has 0 aliphatic rings. The van der Waals surface area contributed by atoms with Crippen LogP contribution >= 0.6 is 0 Å². The van der Waals surface area contributed by atoms with E-state index in [0.717, 1.165) is 12.1 Å². The molecule has 1 aromatic heterocycles. The number of hydrogen-bond acceptors (Lipinski definition) is 3. The van der Waals surface area contributed by atoms with Gasteiger partial charge >= 0.3 is 0 Å². The van der Waals surface area contributed by atoms with E-state index in [2.05, 4.69) is 10.2 Å². The van der Waals surface area contributed by atoms with E-state index in [1.54, 1.807) is 6.07 Å². The number of aromatic amines is 1. The van der Waals surface area contributed by atoms with Crippen LogP contribution in [0.15, 0.2) is 6.07 Å². The van der Waals surface area contributed by atoms with Crippen LogP contribution in [0.5, 0.6) is 0 Å². The summed E-state index contributed by atoms with van der Waals surface area (Å²) in [4.78, 5) is 10.7. The summed E-state index contributed by atoms with van der Waals surface area (Å²) in [6, 6.07) is 1.59. The fourth-order valence-electron chi connectivity index (χ4n) is 0.716. The summed E-state index contributed by atoms with van der Waals surface area (Å²) < 4.78 is 0. The summed E-state index contributed by atoms with van der Waals surface area (Å²) in [5, 5.41) is 14.5. The predicted molar refractivity (Wildman–Crippen MR) is 37.2 cm³/mol. The molecular weight excluding hydrogens is 146 g/mol. The SMILES string of the molecule is CCc1cc(C(=O)NO)n[nH]1. The predicted octanol–water partition coefficient (Wildman–Crippen LogP) is 0.0911. The van der Waals surface area contributed by atoms with Crippen LogP contribution < -0.4 is 5.48 Å². The molecule has 11 heavy (non-hydrogen) atoms. The van der Waals surface area contributed by atoms with E-state index in [-0.39, 0.29) is 5.69 Å². The Hall–Kier alpha value is -1.36. The lowest BCUT2D eigenvalue weighted by molar-refractivity contribution is 0.0700. The fourth-order valence-corrected chi connectivity index (χ4v) is 0.716. The number of carbonyl (C=O) groups is 1. The Balaban J connectivity index is 2.80. The summed E-state index contributed by atoms with van der Waals surface area (Å²) in [5.41, 5.74) is 2.56. The first-order valence-electron chi connectivity index (χ1n) is 3.26. The van der Waals surface area contributed by atoms with Gasteiger partial charge in [0.05, 0.1) is 0 Å². The molecule has 3 N–H and O–H groups in total. The topological polar surface area (TPSA) is 78.0 Å². The number of rotatable bonds is 2. The highest BCUT2D eigenvalue weighted by Crippen LogP contribution is 1.98. The van der Waals surface area contributed by atoms with Crippen LogP contribution in [-0.4, -0.2) is 21.3 Å². The van der Waals surface area contributed by atoms with Crippen LogP contribution in [0.2, 0.25) is 0 Å². The molecule has 0 aromatic carbocycles. The summed E-state index contributed by atoms with van der Waals surface area (Å²) in [6.45, 7) is 1.94. The highest BCUT2D eigenvalue weighted by molar-refractivity contribution is 5.91. The molecule has 60 valence electrons. The zero-order valence-electron chi connectivity index (χ0n) is 6.09. The van der Waals surface area contributed by atoms with Gasteiger partial charge in [-0.05, 0) is 12.5 Å². The standard InChI is InChI=1S/C6H9N3O2/c1-2-4-3-5(8-7-4)6(10)9-11/h3,11H,2H2,1H3,(H,7,8)(H,9,10). The third kappa shape index (κ3) is 1.56. The molecule has 0 saturated heterocycles. The van der Waals surface area contributed by atoms with Crippen molar-refractivity contribution in [1.29, 1.82) is 0 Å². The lowest BCUT2D eigenvalue weighted by atomic mass is 10.3. The molecule has 0 saturated carbocycles. The highest BCUT2D eigenvalue weighted by Gasteiger charge is 2.07. The maximum absolute atomic E-state index is 10.7. The molecule has 0 aliphatic carbocycles. The molecule has 1 aromatic rings. The molecular formula is C6H9N3O2. The number of aryl methyl sites for hydroxylation is 1. The van der Waals surface area contributed by atoms with E-state index in [4.69, 9.17) is 5.21 Å². The van der Waals surface area contributed by atoms with Crippen molar-refractivity contribution in [2.45, 2.75) is 13.3 Å². The first-order valence-corrected chi connectivity index (χ1v) is 3.26. The van der Waals surface area contributed by atoms with Crippen molar-refractivity contribution in [1.82, 2.24) is 15.7 Å². The van der Waals surface area contributed by atoms with Crippen LogP contribution in [0, 0.1) is 0 Å². The molecule has 0 radical (unpaired) electrons. The molecule has 1 heterocycles. The van der Waals surface area contributed by atoms with Gasteiger partial charge in [-0.25, -0.2) is 5.48 Å². The van der Waals surface area contributed by atoms with Gasteiger partial charge < -0.3 is 0 Å². The van der Waals surface area contributed by atoms with Gasteiger partial charge in [-0.1, -0.05) is 6.92 Å². The third-order valence-electron chi connectivity index (χ3n) is 1.35. The van der Waals surface area contributed by atoms with Crippen molar-refractivity contribution in [2.75, 3.05) is 0 Å². The normalized spacial score (nSPS) is 9.64. The number of amides is 1. The van der Waals surface area contributed by atoms with Crippen LogP contribution in [0.25, 0.3) is 0 Å². The molecule has 0 bridgehead atoms. The van der Waals surface area contributed by atoms with Crippen molar-refractivity contribution < 1.29 is 10.0 Å². The summed E-state index contributed by atoms with van der Waals surface area (Å²) in [6.07, 6.45) is 0.783. The molecule has 0 fully saturated rings. The Morgan fingerprint density at radius 1 is 1.91 bits per heavy atom. The van der Waals surface area contributed by atoms with Crippen LogP contribution in [-0.2, 0) is 6.42 Å². The lowest BCUT2D eigenvalue weighted by Gasteiger charge is -1.88. The monoisotopic (exact) mass is 155 g/mol. The van der Waals surface area contributed by atoms with Gasteiger partial charge in [0.15, 0.2) is 5.69 Å². The van der Waals surface area contributed by atoms with Crippen molar-refractivity contribution in [3.63, 3.8) is 0 Å². The highest BCUT2D eigenvalue weighted by atomic mass is 16.5. The van der Waals surface area contributed by atoms with Gasteiger partial charge in [0.25, 0.3) is 5.91 Å². The minimum absolute atomic E-state index is 0.198. The lowest BCUT2D eigenvalue weighted by Crippen LogP contribution is -2.18. The van der Waals surface area contributed by atoms with E-state index in [0.29, 0.717) is 0 Å². The van der Waals surface area contributed by atoms with Gasteiger partial charge in [0.2, 0.25) is 0 Å². The minimum Gasteiger partial charge on any atom is -0.288 e. The van der Waals surface area contributed by atoms with Gasteiger partial charge in [0.1, 0.15) is 0 Å². The second-order valence-corrected chi connectivity index (χ2v) is 2.07. The van der Waals surface area contributed by atoms with Crippen LogP contribution in [0.1, 0.15) is 23.1 Å². The fraction of sp³-hybridized carbons (Fsp3) is 0.333. The number of hydroxylamine groups is 1. The van der Waals surface area contributed by atoms with Crippen molar-refractivity contribution in [2.24, 2.45) is 0 Å². The smallest absolute Gasteiger partial charge is 0.288 e. The Morgan fingerprint density at radius 3 is 3.09 bits per heavy atom. The van der Waals surface area contributed by atoms with Crippen molar-refractivity contribution in [3.05, 3.63) is 17.5 Å². The van der Waals surface area contributed by atoms with Gasteiger partial charge in [-0.3, -0.25) is 15.1 Å². The van der Waals surface area contributed by atoms with E-state index in [1.165, 1.54) is 5.48 Å². The summed E-state index contributed by atoms with van der Waals surface area (Å²) in [5.74, 6) is -0.596. The van der Waals surface area contributed by atoms with E-state index in [9.17, 15) is 4.79 Å². The Kier molecular flexibility index (Phi) is 2.22. The number of hydrogen-bond donors (Lipinski definition) is 3. The Bertz CT molecular complexity index is 256. The number of H-pyrrole nitrogens is 1. The Labute approximate surface area is 63.4 Å². The zero-order chi connectivity index (χ0) is 8.27. The zero-order valence-corrected chi connectivity index (χ0v) is 6.09. The average molecular weight is 155 g/mol. The molecule has 1 rings (SSSR count). The maximum Gasteiger partial charge on any atom is 0.295 e. The molecule has 0 unspecified atom stereocenters. The molecule has 0 atom stereocenters. The van der Waals surface area contributed by atoms with E-state index < -0.39 is 5.91 Å². The maximum atomic E-state index is 10.7. The summed E-state index contributed by atoms with van der Waals surface area (Å²) >= 11 is 0. The van der Waals surface area contributed by atoms with E-state index >= 15 is 0 Å². The summed E-state index contributed by atoms with van der Waals surface area (Å²) in [7, 11) is 0. The molecule has 5 nitrogen and oxygen atoms in total. The first-order chi connectivity index (χ1) is 5.27. The van der Waals surface area contributed by atoms with Gasteiger partial charge in [0, 0.05) is 5.69 Å². The molecule has 1 amide bonds. The van der Waals surface area contributed by atoms with Crippen LogP contribution in [0.3, 0.4) is 0 Å². The molecule has 0 spiro atoms. The second kappa shape index (κ2) is 3.16.